The third-order valence-corrected chi connectivity index (χ3v) is 3.23. The van der Waals surface area contributed by atoms with E-state index < -0.39 is 0 Å². The number of halogens is 1. The molecule has 0 amide bonds. The predicted molar refractivity (Wildman–Crippen MR) is 63.4 cm³/mol. The highest BCUT2D eigenvalue weighted by molar-refractivity contribution is 14.1. The van der Waals surface area contributed by atoms with Crippen molar-refractivity contribution in [1.29, 1.82) is 0 Å². The molecule has 0 aliphatic heterocycles. The highest BCUT2D eigenvalue weighted by Gasteiger charge is 2.11. The van der Waals surface area contributed by atoms with E-state index in [4.69, 9.17) is 0 Å². The average molecular weight is 310 g/mol. The predicted octanol–water partition coefficient (Wildman–Crippen LogP) is 2.22. The van der Waals surface area contributed by atoms with Gasteiger partial charge in [-0.2, -0.15) is 0 Å². The number of nitrogens with one attached hydrogen (secondary N) is 1. The molecular formula is C8H11IN2OS. The molecule has 0 radical (unpaired) electrons. The van der Waals surface area contributed by atoms with Crippen LogP contribution in [0.15, 0.2) is 9.95 Å². The smallest absolute Gasteiger partial charge is 0.265 e. The van der Waals surface area contributed by atoms with Gasteiger partial charge in [0.05, 0.1) is 5.69 Å². The summed E-state index contributed by atoms with van der Waals surface area (Å²) in [5, 5.41) is 0.689. The molecule has 1 rings (SSSR count). The Labute approximate surface area is 94.9 Å². The molecular weight excluding hydrogens is 299 g/mol. The first kappa shape index (κ1) is 11.0. The minimum absolute atomic E-state index is 0.0383. The van der Waals surface area contributed by atoms with Crippen LogP contribution in [0.2, 0.25) is 0 Å². The third kappa shape index (κ3) is 2.46. The van der Waals surface area contributed by atoms with Crippen LogP contribution in [0.1, 0.15) is 25.5 Å². The summed E-state index contributed by atoms with van der Waals surface area (Å²) in [4.78, 5) is 18.5. The lowest BCUT2D eigenvalue weighted by Gasteiger charge is -2.07. The van der Waals surface area contributed by atoms with Gasteiger partial charge in [0.15, 0.2) is 5.16 Å². The first-order valence-electron chi connectivity index (χ1n) is 3.90. The van der Waals surface area contributed by atoms with Crippen LogP contribution >= 0.6 is 34.4 Å². The summed E-state index contributed by atoms with van der Waals surface area (Å²) >= 11 is 3.49. The molecule has 3 nitrogen and oxygen atoms in total. The van der Waals surface area contributed by atoms with Crippen LogP contribution in [0.25, 0.3) is 0 Å². The zero-order chi connectivity index (χ0) is 10.0. The lowest BCUT2D eigenvalue weighted by molar-refractivity contribution is 0.760. The molecule has 0 saturated carbocycles. The Morgan fingerprint density at radius 3 is 2.62 bits per heavy atom. The average Bonchev–Trinajstić information content (AvgIpc) is 2.09. The van der Waals surface area contributed by atoms with Crippen LogP contribution in [0.4, 0.5) is 0 Å². The van der Waals surface area contributed by atoms with E-state index in [2.05, 4.69) is 9.97 Å². The van der Waals surface area contributed by atoms with Crippen molar-refractivity contribution in [2.75, 3.05) is 6.26 Å². The summed E-state index contributed by atoms with van der Waals surface area (Å²) in [6.07, 6.45) is 1.90. The van der Waals surface area contributed by atoms with Crippen molar-refractivity contribution in [2.45, 2.75) is 24.9 Å². The molecule has 0 aliphatic rings. The number of thioether (sulfide) groups is 1. The lowest BCUT2D eigenvalue weighted by Crippen LogP contribution is -2.16. The molecule has 1 aromatic heterocycles. The number of aromatic nitrogens is 2. The number of hydrogen-bond donors (Lipinski definition) is 1. The fourth-order valence-corrected chi connectivity index (χ4v) is 2.20. The molecule has 0 atom stereocenters. The number of hydrogen-bond acceptors (Lipinski definition) is 3. The SMILES string of the molecule is CSc1nc(C(C)C)c(I)c(=O)[nH]1. The molecule has 72 valence electrons. The van der Waals surface area contributed by atoms with Crippen LogP contribution in [0.3, 0.4) is 0 Å². The molecule has 0 bridgehead atoms. The molecule has 0 aliphatic carbocycles. The van der Waals surface area contributed by atoms with Crippen molar-refractivity contribution in [1.82, 2.24) is 9.97 Å². The minimum Gasteiger partial charge on any atom is -0.301 e. The van der Waals surface area contributed by atoms with Gasteiger partial charge in [-0.05, 0) is 34.8 Å². The third-order valence-electron chi connectivity index (χ3n) is 1.61. The van der Waals surface area contributed by atoms with Gasteiger partial charge in [0.1, 0.15) is 3.57 Å². The van der Waals surface area contributed by atoms with Crippen LogP contribution in [0.5, 0.6) is 0 Å². The van der Waals surface area contributed by atoms with Gasteiger partial charge in [-0.1, -0.05) is 25.6 Å². The Morgan fingerprint density at radius 2 is 2.15 bits per heavy atom. The molecule has 1 heterocycles. The summed E-state index contributed by atoms with van der Waals surface area (Å²) in [5.41, 5.74) is 0.845. The zero-order valence-corrected chi connectivity index (χ0v) is 10.7. The lowest BCUT2D eigenvalue weighted by atomic mass is 10.1. The fraction of sp³-hybridized carbons (Fsp3) is 0.500. The van der Waals surface area contributed by atoms with E-state index in [0.29, 0.717) is 14.6 Å². The van der Waals surface area contributed by atoms with Gasteiger partial charge in [-0.3, -0.25) is 4.79 Å². The minimum atomic E-state index is -0.0383. The van der Waals surface area contributed by atoms with Gasteiger partial charge in [0.25, 0.3) is 5.56 Å². The Balaban J connectivity index is 3.33. The van der Waals surface area contributed by atoms with E-state index in [0.717, 1.165) is 5.69 Å². The largest absolute Gasteiger partial charge is 0.301 e. The molecule has 5 heteroatoms. The van der Waals surface area contributed by atoms with Crippen molar-refractivity contribution < 1.29 is 0 Å². The summed E-state index contributed by atoms with van der Waals surface area (Å²) in [6.45, 7) is 4.07. The summed E-state index contributed by atoms with van der Waals surface area (Å²) in [7, 11) is 0. The number of nitrogens with zero attached hydrogens (tertiary/aromatic N) is 1. The van der Waals surface area contributed by atoms with E-state index in [1.165, 1.54) is 11.8 Å². The second kappa shape index (κ2) is 4.45. The first-order chi connectivity index (χ1) is 6.06. The van der Waals surface area contributed by atoms with Gasteiger partial charge in [-0.25, -0.2) is 4.98 Å². The second-order valence-electron chi connectivity index (χ2n) is 2.93. The van der Waals surface area contributed by atoms with Gasteiger partial charge >= 0.3 is 0 Å². The van der Waals surface area contributed by atoms with Crippen LogP contribution in [-0.2, 0) is 0 Å². The Hall–Kier alpha value is -0.0400. The van der Waals surface area contributed by atoms with Crippen molar-refractivity contribution in [3.63, 3.8) is 0 Å². The molecule has 0 saturated heterocycles. The van der Waals surface area contributed by atoms with Gasteiger partial charge in [0, 0.05) is 0 Å². The normalized spacial score (nSPS) is 10.8. The monoisotopic (exact) mass is 310 g/mol. The van der Waals surface area contributed by atoms with Crippen LogP contribution in [0, 0.1) is 3.57 Å². The van der Waals surface area contributed by atoms with Crippen molar-refractivity contribution in [3.8, 4) is 0 Å². The first-order valence-corrected chi connectivity index (χ1v) is 6.20. The van der Waals surface area contributed by atoms with E-state index in [9.17, 15) is 4.79 Å². The fourth-order valence-electron chi connectivity index (χ4n) is 0.934. The molecule has 0 unspecified atom stereocenters. The van der Waals surface area contributed by atoms with Gasteiger partial charge < -0.3 is 4.98 Å². The van der Waals surface area contributed by atoms with Gasteiger partial charge in [-0.15, -0.1) is 0 Å². The maximum atomic E-state index is 11.4. The second-order valence-corrected chi connectivity index (χ2v) is 4.80. The van der Waals surface area contributed by atoms with E-state index in [1.54, 1.807) is 0 Å². The zero-order valence-electron chi connectivity index (χ0n) is 7.72. The van der Waals surface area contributed by atoms with Crippen molar-refractivity contribution in [2.24, 2.45) is 0 Å². The summed E-state index contributed by atoms with van der Waals surface area (Å²) < 4.78 is 0.699. The molecule has 1 aromatic rings. The Bertz CT molecular complexity index is 362. The topological polar surface area (TPSA) is 45.8 Å². The summed E-state index contributed by atoms with van der Waals surface area (Å²) in [5.74, 6) is 0.292. The maximum absolute atomic E-state index is 11.4. The quantitative estimate of drug-likeness (QED) is 0.517. The number of rotatable bonds is 2. The van der Waals surface area contributed by atoms with Crippen LogP contribution < -0.4 is 5.56 Å². The highest BCUT2D eigenvalue weighted by atomic mass is 127. The molecule has 0 spiro atoms. The molecule has 13 heavy (non-hydrogen) atoms. The van der Waals surface area contributed by atoms with E-state index in [-0.39, 0.29) is 5.56 Å². The maximum Gasteiger partial charge on any atom is 0.265 e. The van der Waals surface area contributed by atoms with Crippen LogP contribution in [-0.4, -0.2) is 16.2 Å². The number of H-pyrrole nitrogens is 1. The van der Waals surface area contributed by atoms with Crippen molar-refractivity contribution >= 4 is 34.4 Å². The standard InChI is InChI=1S/C8H11IN2OS/c1-4(2)6-5(9)7(12)11-8(10-6)13-3/h4H,1-3H3,(H,10,11,12). The Kier molecular flexibility index (Phi) is 3.78. The number of aromatic amines is 1. The van der Waals surface area contributed by atoms with Crippen molar-refractivity contribution in [3.05, 3.63) is 19.6 Å². The molecule has 0 fully saturated rings. The Morgan fingerprint density at radius 1 is 1.54 bits per heavy atom. The van der Waals surface area contributed by atoms with E-state index in [1.807, 2.05) is 42.7 Å². The summed E-state index contributed by atoms with van der Waals surface area (Å²) in [6, 6.07) is 0. The van der Waals surface area contributed by atoms with E-state index >= 15 is 0 Å². The molecule has 0 aromatic carbocycles. The molecule has 1 N–H and O–H groups in total. The van der Waals surface area contributed by atoms with Gasteiger partial charge in [0.2, 0.25) is 0 Å². The highest BCUT2D eigenvalue weighted by Crippen LogP contribution is 2.17.